The third kappa shape index (κ3) is 4.48. The fraction of sp³-hybridized carbons (Fsp3) is 0.143. The van der Waals surface area contributed by atoms with Crippen LogP contribution < -0.4 is 20.4 Å². The Bertz CT molecular complexity index is 1380. The van der Waals surface area contributed by atoms with Gasteiger partial charge in [-0.1, -0.05) is 60.7 Å². The van der Waals surface area contributed by atoms with Gasteiger partial charge in [-0.05, 0) is 41.3 Å². The van der Waals surface area contributed by atoms with Crippen molar-refractivity contribution in [2.75, 3.05) is 30.9 Å². The van der Waals surface area contributed by atoms with Gasteiger partial charge < -0.3 is 15.0 Å². The van der Waals surface area contributed by atoms with Crippen molar-refractivity contribution in [3.63, 3.8) is 0 Å². The highest BCUT2D eigenvalue weighted by Gasteiger charge is 2.34. The second-order valence-electron chi connectivity index (χ2n) is 8.55. The van der Waals surface area contributed by atoms with Crippen LogP contribution in [0.2, 0.25) is 0 Å². The molecule has 4 aromatic carbocycles. The zero-order valence-electron chi connectivity index (χ0n) is 19.6. The van der Waals surface area contributed by atoms with Crippen LogP contribution in [0.1, 0.15) is 22.1 Å². The number of carbonyl (C=O) groups is 2. The molecule has 7 heteroatoms. The molecule has 1 heterocycles. The molecule has 4 aromatic rings. The van der Waals surface area contributed by atoms with E-state index in [4.69, 9.17) is 4.74 Å². The van der Waals surface area contributed by atoms with Gasteiger partial charge in [-0.3, -0.25) is 15.0 Å². The van der Waals surface area contributed by atoms with E-state index in [9.17, 15) is 9.59 Å². The average molecular weight is 467 g/mol. The Kier molecular flexibility index (Phi) is 5.97. The van der Waals surface area contributed by atoms with Crippen molar-refractivity contribution in [2.45, 2.75) is 6.17 Å². The largest absolute Gasteiger partial charge is 0.483 e. The number of amides is 2. The molecule has 0 aliphatic carbocycles. The smallest absolute Gasteiger partial charge is 0.276 e. The summed E-state index contributed by atoms with van der Waals surface area (Å²) < 4.78 is 5.83. The third-order valence-electron chi connectivity index (χ3n) is 6.01. The van der Waals surface area contributed by atoms with E-state index in [1.54, 1.807) is 12.1 Å². The number of hydrazine groups is 1. The Hall–Kier alpha value is -4.52. The minimum Gasteiger partial charge on any atom is -0.483 e. The molecule has 1 aliphatic rings. The second kappa shape index (κ2) is 9.38. The van der Waals surface area contributed by atoms with Crippen LogP contribution in [-0.4, -0.2) is 37.5 Å². The van der Waals surface area contributed by atoms with E-state index in [0.717, 1.165) is 27.7 Å². The van der Waals surface area contributed by atoms with Crippen molar-refractivity contribution >= 4 is 34.0 Å². The van der Waals surface area contributed by atoms with Gasteiger partial charge in [0.25, 0.3) is 11.8 Å². The molecule has 35 heavy (non-hydrogen) atoms. The predicted molar refractivity (Wildman–Crippen MR) is 137 cm³/mol. The maximum absolute atomic E-state index is 13.4. The molecular formula is C28H26N4O3. The van der Waals surface area contributed by atoms with Gasteiger partial charge in [-0.2, -0.15) is 0 Å². The zero-order valence-corrected chi connectivity index (χ0v) is 19.6. The number of benzene rings is 4. The Morgan fingerprint density at radius 2 is 1.66 bits per heavy atom. The Morgan fingerprint density at radius 3 is 2.46 bits per heavy atom. The van der Waals surface area contributed by atoms with Crippen LogP contribution in [0.5, 0.6) is 5.75 Å². The number of hydrogen-bond acceptors (Lipinski definition) is 5. The van der Waals surface area contributed by atoms with E-state index < -0.39 is 12.1 Å². The van der Waals surface area contributed by atoms with Crippen LogP contribution in [0.15, 0.2) is 91.0 Å². The van der Waals surface area contributed by atoms with E-state index in [0.29, 0.717) is 11.3 Å². The van der Waals surface area contributed by atoms with Crippen molar-refractivity contribution in [3.05, 3.63) is 102 Å². The first kappa shape index (κ1) is 22.3. The number of carbonyl (C=O) groups excluding carboxylic acids is 2. The fourth-order valence-corrected chi connectivity index (χ4v) is 4.19. The van der Waals surface area contributed by atoms with Crippen molar-refractivity contribution < 1.29 is 14.3 Å². The molecule has 0 bridgehead atoms. The van der Waals surface area contributed by atoms with Gasteiger partial charge in [0.05, 0.1) is 5.56 Å². The van der Waals surface area contributed by atoms with Crippen LogP contribution in [-0.2, 0) is 4.79 Å². The molecule has 1 aliphatic heterocycles. The number of nitrogens with zero attached hydrogens (tertiary/aromatic N) is 2. The predicted octanol–water partition coefficient (Wildman–Crippen LogP) is 4.58. The summed E-state index contributed by atoms with van der Waals surface area (Å²) in [6.07, 6.45) is -0.574. The van der Waals surface area contributed by atoms with Crippen molar-refractivity contribution in [3.8, 4) is 5.75 Å². The van der Waals surface area contributed by atoms with Crippen LogP contribution in [0.4, 0.5) is 11.4 Å². The van der Waals surface area contributed by atoms with Crippen LogP contribution >= 0.6 is 0 Å². The summed E-state index contributed by atoms with van der Waals surface area (Å²) in [7, 11) is 3.94. The summed E-state index contributed by atoms with van der Waals surface area (Å²) in [5.41, 5.74) is 5.85. The Labute approximate surface area is 203 Å². The van der Waals surface area contributed by atoms with Gasteiger partial charge in [-0.25, -0.2) is 5.01 Å². The van der Waals surface area contributed by atoms with E-state index in [-0.39, 0.29) is 12.5 Å². The molecular weight excluding hydrogens is 440 g/mol. The summed E-state index contributed by atoms with van der Waals surface area (Å²) >= 11 is 0. The molecule has 5 rings (SSSR count). The molecule has 1 unspecified atom stereocenters. The van der Waals surface area contributed by atoms with Crippen molar-refractivity contribution in [1.29, 1.82) is 0 Å². The first-order valence-corrected chi connectivity index (χ1v) is 11.4. The maximum Gasteiger partial charge on any atom is 0.276 e. The van der Waals surface area contributed by atoms with Crippen LogP contribution in [0.3, 0.4) is 0 Å². The molecule has 2 N–H and O–H groups in total. The van der Waals surface area contributed by atoms with E-state index in [1.807, 2.05) is 97.9 Å². The highest BCUT2D eigenvalue weighted by atomic mass is 16.5. The first-order valence-electron chi connectivity index (χ1n) is 11.4. The van der Waals surface area contributed by atoms with Gasteiger partial charge in [0.1, 0.15) is 11.9 Å². The molecule has 0 saturated carbocycles. The summed E-state index contributed by atoms with van der Waals surface area (Å²) in [4.78, 5) is 28.3. The molecule has 0 radical (unpaired) electrons. The monoisotopic (exact) mass is 466 g/mol. The molecule has 176 valence electrons. The number of ether oxygens (including phenoxy) is 1. The minimum atomic E-state index is -0.574. The minimum absolute atomic E-state index is 0.230. The summed E-state index contributed by atoms with van der Waals surface area (Å²) in [6, 6.07) is 28.6. The lowest BCUT2D eigenvalue weighted by Crippen LogP contribution is -2.53. The summed E-state index contributed by atoms with van der Waals surface area (Å²) in [6.45, 7) is -0.230. The standard InChI is InChI=1S/C28H26N4O3/c1-31(2)21-16-14-20(15-17-21)27-29-24-12-6-5-11-23(24)28(34)32(27)30-26(33)18-35-25-13-7-9-19-8-3-4-10-22(19)25/h3-17,27,29H,18H2,1-2H3,(H,30,33). The maximum atomic E-state index is 13.4. The highest BCUT2D eigenvalue weighted by Crippen LogP contribution is 2.32. The van der Waals surface area contributed by atoms with Gasteiger partial charge in [0, 0.05) is 30.9 Å². The second-order valence-corrected chi connectivity index (χ2v) is 8.55. The molecule has 7 nitrogen and oxygen atoms in total. The molecule has 0 spiro atoms. The first-order chi connectivity index (χ1) is 17.0. The topological polar surface area (TPSA) is 73.9 Å². The van der Waals surface area contributed by atoms with Crippen molar-refractivity contribution in [2.24, 2.45) is 0 Å². The third-order valence-corrected chi connectivity index (χ3v) is 6.01. The van der Waals surface area contributed by atoms with Gasteiger partial charge in [0.2, 0.25) is 0 Å². The lowest BCUT2D eigenvalue weighted by atomic mass is 10.0. The van der Waals surface area contributed by atoms with E-state index in [2.05, 4.69) is 10.7 Å². The highest BCUT2D eigenvalue weighted by molar-refractivity contribution is 6.02. The van der Waals surface area contributed by atoms with Crippen molar-refractivity contribution in [1.82, 2.24) is 10.4 Å². The molecule has 0 aromatic heterocycles. The number of hydrogen-bond donors (Lipinski definition) is 2. The number of nitrogens with one attached hydrogen (secondary N) is 2. The normalized spacial score (nSPS) is 14.7. The molecule has 0 fully saturated rings. The SMILES string of the molecule is CN(C)c1ccc(C2Nc3ccccc3C(=O)N2NC(=O)COc2cccc3ccccc23)cc1. The van der Waals surface area contributed by atoms with Gasteiger partial charge >= 0.3 is 0 Å². The summed E-state index contributed by atoms with van der Waals surface area (Å²) in [5, 5.41) is 6.67. The molecule has 0 saturated heterocycles. The Balaban J connectivity index is 1.38. The lowest BCUT2D eigenvalue weighted by Gasteiger charge is -2.37. The Morgan fingerprint density at radius 1 is 0.943 bits per heavy atom. The zero-order chi connectivity index (χ0) is 24.4. The van der Waals surface area contributed by atoms with E-state index >= 15 is 0 Å². The number of anilines is 2. The van der Waals surface area contributed by atoms with Crippen LogP contribution in [0, 0.1) is 0 Å². The quantitative estimate of drug-likeness (QED) is 0.435. The number of para-hydroxylation sites is 1. The van der Waals surface area contributed by atoms with Crippen LogP contribution in [0.25, 0.3) is 10.8 Å². The van der Waals surface area contributed by atoms with Gasteiger partial charge in [-0.15, -0.1) is 0 Å². The average Bonchev–Trinajstić information content (AvgIpc) is 2.89. The van der Waals surface area contributed by atoms with Gasteiger partial charge in [0.15, 0.2) is 6.61 Å². The number of rotatable bonds is 6. The molecule has 1 atom stereocenters. The van der Waals surface area contributed by atoms with E-state index in [1.165, 1.54) is 5.01 Å². The summed E-state index contributed by atoms with van der Waals surface area (Å²) in [5.74, 6) is -0.107. The molecule has 2 amide bonds. The lowest BCUT2D eigenvalue weighted by molar-refractivity contribution is -0.127. The fourth-order valence-electron chi connectivity index (χ4n) is 4.19. The number of fused-ring (bicyclic) bond motifs is 2.